The zero-order valence-corrected chi connectivity index (χ0v) is 12.6. The molecule has 0 saturated carbocycles. The Bertz CT molecular complexity index is 672. The van der Waals surface area contributed by atoms with E-state index in [0.29, 0.717) is 11.4 Å². The maximum absolute atomic E-state index is 12.8. The third kappa shape index (κ3) is 3.72. The number of carbonyl (C=O) groups is 1. The number of nitrogens with zero attached hydrogens (tertiary/aromatic N) is 1. The Balaban J connectivity index is 1.98. The van der Waals surface area contributed by atoms with Crippen LogP contribution in [0.4, 0.5) is 14.9 Å². The normalized spacial score (nSPS) is 10.2. The van der Waals surface area contributed by atoms with Crippen molar-refractivity contribution in [3.8, 4) is 5.75 Å². The van der Waals surface area contributed by atoms with Crippen LogP contribution in [-0.4, -0.2) is 18.2 Å². The number of aryl methyl sites for hydroxylation is 1. The van der Waals surface area contributed by atoms with Gasteiger partial charge in [-0.1, -0.05) is 0 Å². The molecule has 22 heavy (non-hydrogen) atoms. The number of hydrogen-bond acceptors (Lipinski definition) is 4. The summed E-state index contributed by atoms with van der Waals surface area (Å²) in [5, 5.41) is 2.51. The third-order valence-electron chi connectivity index (χ3n) is 3.18. The first-order valence-electron chi connectivity index (χ1n) is 6.69. The Labute approximate surface area is 128 Å². The molecule has 2 rings (SSSR count). The van der Waals surface area contributed by atoms with E-state index in [-0.39, 0.29) is 12.4 Å². The summed E-state index contributed by atoms with van der Waals surface area (Å²) in [4.78, 5) is 16.0. The van der Waals surface area contributed by atoms with Crippen molar-refractivity contribution in [3.05, 3.63) is 53.1 Å². The van der Waals surface area contributed by atoms with E-state index in [1.54, 1.807) is 13.3 Å². The van der Waals surface area contributed by atoms with E-state index in [4.69, 9.17) is 9.47 Å². The predicted molar refractivity (Wildman–Crippen MR) is 80.5 cm³/mol. The monoisotopic (exact) mass is 304 g/mol. The van der Waals surface area contributed by atoms with Gasteiger partial charge in [-0.05, 0) is 38.1 Å². The van der Waals surface area contributed by atoms with Crippen LogP contribution in [0.1, 0.15) is 16.8 Å². The van der Waals surface area contributed by atoms with Crippen LogP contribution in [0.5, 0.6) is 5.75 Å². The molecule has 1 N–H and O–H groups in total. The summed E-state index contributed by atoms with van der Waals surface area (Å²) in [5.74, 6) is 0.359. The lowest BCUT2D eigenvalue weighted by atomic mass is 10.1. The highest BCUT2D eigenvalue weighted by Gasteiger charge is 2.11. The fraction of sp³-hybridized carbons (Fsp3) is 0.250. The summed E-state index contributed by atoms with van der Waals surface area (Å²) in [7, 11) is 1.58. The van der Waals surface area contributed by atoms with Gasteiger partial charge in [0, 0.05) is 23.0 Å². The van der Waals surface area contributed by atoms with Crippen LogP contribution in [0.3, 0.4) is 0 Å². The van der Waals surface area contributed by atoms with Crippen molar-refractivity contribution >= 4 is 11.8 Å². The minimum Gasteiger partial charge on any atom is -0.496 e. The SMILES string of the molecule is COc1c(C)cnc(COC(=O)Nc2ccc(F)cc2)c1C. The van der Waals surface area contributed by atoms with Crippen molar-refractivity contribution in [3.63, 3.8) is 0 Å². The average molecular weight is 304 g/mol. The van der Waals surface area contributed by atoms with E-state index in [1.807, 2.05) is 13.8 Å². The fourth-order valence-corrected chi connectivity index (χ4v) is 2.04. The highest BCUT2D eigenvalue weighted by molar-refractivity contribution is 5.84. The van der Waals surface area contributed by atoms with Crippen LogP contribution in [0.15, 0.2) is 30.5 Å². The molecule has 1 amide bonds. The topological polar surface area (TPSA) is 60.5 Å². The van der Waals surface area contributed by atoms with Crippen LogP contribution in [0.2, 0.25) is 0 Å². The van der Waals surface area contributed by atoms with Crippen molar-refractivity contribution in [2.45, 2.75) is 20.5 Å². The standard InChI is InChI=1S/C16H17FN2O3/c1-10-8-18-14(11(2)15(10)21-3)9-22-16(20)19-13-6-4-12(17)5-7-13/h4-8H,9H2,1-3H3,(H,19,20). The van der Waals surface area contributed by atoms with Gasteiger partial charge >= 0.3 is 6.09 Å². The molecule has 0 aliphatic carbocycles. The molecule has 0 unspecified atom stereocenters. The molecule has 0 aliphatic heterocycles. The number of pyridine rings is 1. The lowest BCUT2D eigenvalue weighted by Gasteiger charge is -2.12. The maximum atomic E-state index is 12.8. The predicted octanol–water partition coefficient (Wildman–Crippen LogP) is 3.59. The summed E-state index contributed by atoms with van der Waals surface area (Å²) in [6.07, 6.45) is 1.04. The van der Waals surface area contributed by atoms with E-state index in [9.17, 15) is 9.18 Å². The largest absolute Gasteiger partial charge is 0.496 e. The van der Waals surface area contributed by atoms with Crippen LogP contribution in [0, 0.1) is 19.7 Å². The number of benzene rings is 1. The summed E-state index contributed by atoms with van der Waals surface area (Å²) in [6.45, 7) is 3.77. The van der Waals surface area contributed by atoms with Gasteiger partial charge in [-0.3, -0.25) is 10.3 Å². The van der Waals surface area contributed by atoms with Gasteiger partial charge in [0.05, 0.1) is 12.8 Å². The second-order valence-electron chi connectivity index (χ2n) is 4.75. The molecule has 1 heterocycles. The molecule has 0 radical (unpaired) electrons. The quantitative estimate of drug-likeness (QED) is 0.937. The zero-order valence-electron chi connectivity index (χ0n) is 12.6. The van der Waals surface area contributed by atoms with Crippen molar-refractivity contribution in [2.24, 2.45) is 0 Å². The molecule has 0 spiro atoms. The minimum absolute atomic E-state index is 0.0233. The number of amides is 1. The summed E-state index contributed by atoms with van der Waals surface area (Å²) < 4.78 is 23.2. The Morgan fingerprint density at radius 2 is 1.95 bits per heavy atom. The van der Waals surface area contributed by atoms with Crippen LogP contribution in [-0.2, 0) is 11.3 Å². The van der Waals surface area contributed by atoms with Crippen LogP contribution >= 0.6 is 0 Å². The van der Waals surface area contributed by atoms with Crippen LogP contribution < -0.4 is 10.1 Å². The first kappa shape index (κ1) is 15.8. The first-order chi connectivity index (χ1) is 10.5. The number of halogens is 1. The molecule has 0 bridgehead atoms. The van der Waals surface area contributed by atoms with E-state index in [1.165, 1.54) is 24.3 Å². The smallest absolute Gasteiger partial charge is 0.412 e. The highest BCUT2D eigenvalue weighted by atomic mass is 19.1. The van der Waals surface area contributed by atoms with E-state index in [0.717, 1.165) is 16.9 Å². The third-order valence-corrected chi connectivity index (χ3v) is 3.18. The number of aromatic nitrogens is 1. The van der Waals surface area contributed by atoms with Gasteiger partial charge in [0.25, 0.3) is 0 Å². The van der Waals surface area contributed by atoms with Crippen LogP contribution in [0.25, 0.3) is 0 Å². The second kappa shape index (κ2) is 6.89. The number of ether oxygens (including phenoxy) is 2. The molecule has 1 aromatic carbocycles. The number of methoxy groups -OCH3 is 1. The van der Waals surface area contributed by atoms with Gasteiger partial charge in [-0.2, -0.15) is 0 Å². The number of rotatable bonds is 4. The Morgan fingerprint density at radius 3 is 2.59 bits per heavy atom. The Morgan fingerprint density at radius 1 is 1.27 bits per heavy atom. The Kier molecular flexibility index (Phi) is 4.93. The second-order valence-corrected chi connectivity index (χ2v) is 4.75. The molecule has 0 saturated heterocycles. The van der Waals surface area contributed by atoms with Crippen molar-refractivity contribution in [1.29, 1.82) is 0 Å². The summed E-state index contributed by atoms with van der Waals surface area (Å²) in [6, 6.07) is 5.42. The number of anilines is 1. The molecular weight excluding hydrogens is 287 g/mol. The first-order valence-corrected chi connectivity index (χ1v) is 6.69. The molecule has 0 fully saturated rings. The average Bonchev–Trinajstić information content (AvgIpc) is 2.49. The molecule has 6 heteroatoms. The summed E-state index contributed by atoms with van der Waals surface area (Å²) >= 11 is 0. The molecule has 5 nitrogen and oxygen atoms in total. The van der Waals surface area contributed by atoms with Gasteiger partial charge in [0.1, 0.15) is 18.2 Å². The number of nitrogens with one attached hydrogen (secondary N) is 1. The minimum atomic E-state index is -0.632. The number of hydrogen-bond donors (Lipinski definition) is 1. The Hall–Kier alpha value is -2.63. The van der Waals surface area contributed by atoms with E-state index >= 15 is 0 Å². The number of carbonyl (C=O) groups excluding carboxylic acids is 1. The molecule has 1 aromatic heterocycles. The van der Waals surface area contributed by atoms with Gasteiger partial charge in [0.2, 0.25) is 0 Å². The fourth-order valence-electron chi connectivity index (χ4n) is 2.04. The highest BCUT2D eigenvalue weighted by Crippen LogP contribution is 2.24. The van der Waals surface area contributed by atoms with Gasteiger partial charge < -0.3 is 9.47 Å². The van der Waals surface area contributed by atoms with Gasteiger partial charge in [-0.25, -0.2) is 9.18 Å². The zero-order chi connectivity index (χ0) is 16.1. The molecule has 116 valence electrons. The molecule has 2 aromatic rings. The molecule has 0 aliphatic rings. The van der Waals surface area contributed by atoms with E-state index < -0.39 is 6.09 Å². The maximum Gasteiger partial charge on any atom is 0.412 e. The lowest BCUT2D eigenvalue weighted by Crippen LogP contribution is -2.14. The summed E-state index contributed by atoms with van der Waals surface area (Å²) in [5.41, 5.74) is 2.82. The van der Waals surface area contributed by atoms with E-state index in [2.05, 4.69) is 10.3 Å². The van der Waals surface area contributed by atoms with Crippen molar-refractivity contribution in [1.82, 2.24) is 4.98 Å². The van der Waals surface area contributed by atoms with Crippen molar-refractivity contribution in [2.75, 3.05) is 12.4 Å². The lowest BCUT2D eigenvalue weighted by molar-refractivity contribution is 0.153. The molecular formula is C16H17FN2O3. The van der Waals surface area contributed by atoms with Crippen molar-refractivity contribution < 1.29 is 18.7 Å². The van der Waals surface area contributed by atoms with Gasteiger partial charge in [0.15, 0.2) is 0 Å². The van der Waals surface area contributed by atoms with Gasteiger partial charge in [-0.15, -0.1) is 0 Å². The molecule has 0 atom stereocenters.